The summed E-state index contributed by atoms with van der Waals surface area (Å²) in [6, 6.07) is 5.17. The third kappa shape index (κ3) is 5.68. The molecule has 2 aliphatic rings. The Hall–Kier alpha value is -3.12. The van der Waals surface area contributed by atoms with Crippen LogP contribution in [0.2, 0.25) is 0 Å². The van der Waals surface area contributed by atoms with Crippen molar-refractivity contribution in [2.45, 2.75) is 19.6 Å². The van der Waals surface area contributed by atoms with E-state index in [-0.39, 0.29) is 11.9 Å². The average Bonchev–Trinajstić information content (AvgIpc) is 3.27. The van der Waals surface area contributed by atoms with Crippen LogP contribution in [0.3, 0.4) is 0 Å². The number of rotatable bonds is 4. The van der Waals surface area contributed by atoms with Crippen LogP contribution in [-0.4, -0.2) is 84.0 Å². The Morgan fingerprint density at radius 3 is 2.41 bits per heavy atom. The summed E-state index contributed by atoms with van der Waals surface area (Å²) in [5, 5.41) is 6.61. The Morgan fingerprint density at radius 2 is 1.76 bits per heavy atom. The number of carbonyl (C=O) groups is 2. The molecule has 184 valence electrons. The van der Waals surface area contributed by atoms with Crippen molar-refractivity contribution >= 4 is 23.4 Å². The molecule has 0 atom stereocenters. The summed E-state index contributed by atoms with van der Waals surface area (Å²) in [6.07, 6.45) is -2.91. The number of amides is 2. The summed E-state index contributed by atoms with van der Waals surface area (Å²) >= 11 is 0. The van der Waals surface area contributed by atoms with Gasteiger partial charge in [0.2, 0.25) is 5.91 Å². The van der Waals surface area contributed by atoms with Crippen LogP contribution in [0.15, 0.2) is 30.5 Å². The van der Waals surface area contributed by atoms with Gasteiger partial charge < -0.3 is 19.9 Å². The lowest BCUT2D eigenvalue weighted by Gasteiger charge is -2.36. The first kappa shape index (κ1) is 24.0. The Bertz CT molecular complexity index is 1030. The zero-order valence-corrected chi connectivity index (χ0v) is 18.8. The van der Waals surface area contributed by atoms with Gasteiger partial charge in [-0.15, -0.1) is 5.10 Å². The lowest BCUT2D eigenvalue weighted by Crippen LogP contribution is -2.49. The van der Waals surface area contributed by atoms with Crippen molar-refractivity contribution in [1.29, 1.82) is 0 Å². The summed E-state index contributed by atoms with van der Waals surface area (Å²) in [6.45, 7) is 5.97. The second kappa shape index (κ2) is 10.0. The predicted molar refractivity (Wildman–Crippen MR) is 119 cm³/mol. The van der Waals surface area contributed by atoms with E-state index in [9.17, 15) is 22.8 Å². The smallest absolute Gasteiger partial charge is 0.378 e. The molecule has 1 N–H and O–H groups in total. The normalized spacial score (nSPS) is 17.6. The Kier molecular flexibility index (Phi) is 7.08. The molecule has 0 radical (unpaired) electrons. The highest BCUT2D eigenvalue weighted by Gasteiger charge is 2.32. The van der Waals surface area contributed by atoms with Crippen LogP contribution in [0, 0.1) is 0 Å². The Morgan fingerprint density at radius 1 is 1.06 bits per heavy atom. The predicted octanol–water partition coefficient (Wildman–Crippen LogP) is 2.48. The summed E-state index contributed by atoms with van der Waals surface area (Å²) in [5.74, 6) is 0.0310. The van der Waals surface area contributed by atoms with E-state index < -0.39 is 11.7 Å². The molecule has 4 rings (SSSR count). The number of halogens is 3. The van der Waals surface area contributed by atoms with Gasteiger partial charge in [0.05, 0.1) is 18.8 Å². The van der Waals surface area contributed by atoms with Crippen molar-refractivity contribution in [1.82, 2.24) is 19.6 Å². The molecule has 2 aromatic rings. The average molecular weight is 480 g/mol. The first-order chi connectivity index (χ1) is 16.2. The fourth-order valence-electron chi connectivity index (χ4n) is 4.13. The minimum atomic E-state index is -4.40. The summed E-state index contributed by atoms with van der Waals surface area (Å²) < 4.78 is 46.5. The number of aromatic nitrogens is 2. The van der Waals surface area contributed by atoms with Crippen LogP contribution in [0.25, 0.3) is 0 Å². The van der Waals surface area contributed by atoms with E-state index >= 15 is 0 Å². The van der Waals surface area contributed by atoms with Crippen molar-refractivity contribution in [2.24, 2.45) is 0 Å². The van der Waals surface area contributed by atoms with E-state index in [0.717, 1.165) is 11.6 Å². The Labute approximate surface area is 195 Å². The number of benzene rings is 1. The van der Waals surface area contributed by atoms with E-state index in [4.69, 9.17) is 4.74 Å². The van der Waals surface area contributed by atoms with Crippen molar-refractivity contribution in [2.75, 3.05) is 62.7 Å². The van der Waals surface area contributed by atoms with Gasteiger partial charge in [-0.25, -0.2) is 4.79 Å². The molecule has 9 nitrogen and oxygen atoms in total. The topological polar surface area (TPSA) is 82.9 Å². The zero-order valence-electron chi connectivity index (χ0n) is 18.8. The van der Waals surface area contributed by atoms with Gasteiger partial charge in [-0.1, -0.05) is 6.07 Å². The van der Waals surface area contributed by atoms with Crippen LogP contribution in [0.4, 0.5) is 29.5 Å². The number of anilines is 2. The minimum Gasteiger partial charge on any atom is -0.378 e. The molecule has 0 saturated carbocycles. The molecule has 1 aromatic heterocycles. The SMILES string of the molecule is CC(=O)Nc1ccn(C(=O)N2CCN(Cc3ccc(C(F)(F)F)cc3N3CCOCC3)CC2)n1. The second-order valence-corrected chi connectivity index (χ2v) is 8.31. The maximum Gasteiger partial charge on any atom is 0.416 e. The number of hydrogen-bond acceptors (Lipinski definition) is 6. The minimum absolute atomic E-state index is 0.272. The molecule has 0 aliphatic carbocycles. The van der Waals surface area contributed by atoms with Crippen molar-refractivity contribution in [3.05, 3.63) is 41.6 Å². The van der Waals surface area contributed by atoms with Crippen LogP contribution >= 0.6 is 0 Å². The molecule has 34 heavy (non-hydrogen) atoms. The lowest BCUT2D eigenvalue weighted by molar-refractivity contribution is -0.137. The van der Waals surface area contributed by atoms with Crippen LogP contribution in [-0.2, 0) is 22.3 Å². The van der Waals surface area contributed by atoms with Gasteiger partial charge in [-0.2, -0.15) is 17.9 Å². The third-order valence-electron chi connectivity index (χ3n) is 5.89. The first-order valence-electron chi connectivity index (χ1n) is 11.1. The monoisotopic (exact) mass is 480 g/mol. The van der Waals surface area contributed by atoms with Gasteiger partial charge in [-0.05, 0) is 17.7 Å². The zero-order chi connectivity index (χ0) is 24.3. The van der Waals surface area contributed by atoms with Crippen molar-refractivity contribution in [3.8, 4) is 0 Å². The third-order valence-corrected chi connectivity index (χ3v) is 5.89. The molecule has 1 aromatic carbocycles. The summed E-state index contributed by atoms with van der Waals surface area (Å²) in [5.41, 5.74) is 0.742. The molecule has 0 bridgehead atoms. The van der Waals surface area contributed by atoms with E-state index in [1.54, 1.807) is 17.0 Å². The summed E-state index contributed by atoms with van der Waals surface area (Å²) in [4.78, 5) is 29.6. The van der Waals surface area contributed by atoms with Gasteiger partial charge in [0, 0.05) is 70.7 Å². The van der Waals surface area contributed by atoms with Gasteiger partial charge >= 0.3 is 12.2 Å². The highest BCUT2D eigenvalue weighted by Crippen LogP contribution is 2.34. The Balaban J connectivity index is 1.41. The maximum absolute atomic E-state index is 13.3. The first-order valence-corrected chi connectivity index (χ1v) is 11.1. The largest absolute Gasteiger partial charge is 0.416 e. The molecule has 0 spiro atoms. The number of nitrogens with zero attached hydrogens (tertiary/aromatic N) is 5. The highest BCUT2D eigenvalue weighted by molar-refractivity contribution is 5.88. The second-order valence-electron chi connectivity index (χ2n) is 8.31. The maximum atomic E-state index is 13.3. The number of nitrogens with one attached hydrogen (secondary N) is 1. The number of carbonyl (C=O) groups excluding carboxylic acids is 2. The molecule has 2 aliphatic heterocycles. The molecule has 3 heterocycles. The van der Waals surface area contributed by atoms with E-state index in [1.807, 2.05) is 4.90 Å². The van der Waals surface area contributed by atoms with Crippen LogP contribution < -0.4 is 10.2 Å². The van der Waals surface area contributed by atoms with Gasteiger partial charge in [-0.3, -0.25) is 9.69 Å². The molecule has 12 heteroatoms. The van der Waals surface area contributed by atoms with Gasteiger partial charge in [0.25, 0.3) is 0 Å². The number of alkyl halides is 3. The quantitative estimate of drug-likeness (QED) is 0.724. The summed E-state index contributed by atoms with van der Waals surface area (Å²) in [7, 11) is 0. The number of piperazine rings is 1. The molecule has 2 amide bonds. The van der Waals surface area contributed by atoms with Crippen molar-refractivity contribution < 1.29 is 27.5 Å². The molecule has 2 fully saturated rings. The lowest BCUT2D eigenvalue weighted by atomic mass is 10.1. The van der Waals surface area contributed by atoms with E-state index in [2.05, 4.69) is 15.3 Å². The van der Waals surface area contributed by atoms with E-state index in [0.29, 0.717) is 70.5 Å². The van der Waals surface area contributed by atoms with Crippen LogP contribution in [0.1, 0.15) is 18.1 Å². The van der Waals surface area contributed by atoms with Gasteiger partial charge in [0.1, 0.15) is 0 Å². The fraction of sp³-hybridized carbons (Fsp3) is 0.500. The standard InChI is InChI=1S/C22H27F3N6O3/c1-16(32)26-20-4-5-31(27-20)21(33)30-8-6-28(7-9-30)15-17-2-3-18(22(23,24)25)14-19(17)29-10-12-34-13-11-29/h2-5,14H,6-13,15H2,1H3,(H,26,27,32). The molecular weight excluding hydrogens is 453 g/mol. The highest BCUT2D eigenvalue weighted by atomic mass is 19.4. The van der Waals surface area contributed by atoms with E-state index in [1.165, 1.54) is 23.9 Å². The van der Waals surface area contributed by atoms with Crippen LogP contribution in [0.5, 0.6) is 0 Å². The van der Waals surface area contributed by atoms with Gasteiger partial charge in [0.15, 0.2) is 5.82 Å². The number of morpholine rings is 1. The number of hydrogen-bond donors (Lipinski definition) is 1. The van der Waals surface area contributed by atoms with Crippen molar-refractivity contribution in [3.63, 3.8) is 0 Å². The molecule has 0 unspecified atom stereocenters. The molecule has 2 saturated heterocycles. The fourth-order valence-corrected chi connectivity index (χ4v) is 4.13. The number of ether oxygens (including phenoxy) is 1. The molecular formula is C22H27F3N6O3.